The lowest BCUT2D eigenvalue weighted by Gasteiger charge is -2.16. The number of carboxylic acid groups (broad SMARTS) is 1. The molecule has 134 valence electrons. The zero-order valence-electron chi connectivity index (χ0n) is 14.3. The third-order valence-electron chi connectivity index (χ3n) is 3.43. The molecule has 0 amide bonds. The summed E-state index contributed by atoms with van der Waals surface area (Å²) in [4.78, 5) is 11.0. The summed E-state index contributed by atoms with van der Waals surface area (Å²) < 4.78 is 12.3. The Morgan fingerprint density at radius 2 is 2.00 bits per heavy atom. The lowest BCUT2D eigenvalue weighted by molar-refractivity contribution is 0.0697. The molecule has 0 radical (unpaired) electrons. The van der Waals surface area contributed by atoms with Crippen molar-refractivity contribution in [3.8, 4) is 11.5 Å². The highest BCUT2D eigenvalue weighted by molar-refractivity contribution is 9.10. The van der Waals surface area contributed by atoms with Crippen molar-refractivity contribution in [3.05, 3.63) is 52.0 Å². The summed E-state index contributed by atoms with van der Waals surface area (Å²) >= 11 is 3.54. The highest BCUT2D eigenvalue weighted by atomic mass is 79.9. The number of anilines is 1. The van der Waals surface area contributed by atoms with Crippen LogP contribution in [-0.4, -0.2) is 24.3 Å². The fourth-order valence-electron chi connectivity index (χ4n) is 2.30. The molecule has 0 fully saturated rings. The van der Waals surface area contributed by atoms with Gasteiger partial charge in [-0.05, 0) is 65.2 Å². The number of carboxylic acids is 1. The number of halogens is 1. The molecule has 0 saturated heterocycles. The summed E-state index contributed by atoms with van der Waals surface area (Å²) in [5, 5.41) is 12.3. The molecule has 2 rings (SSSR count). The number of nitrogens with one attached hydrogen (secondary N) is 1. The van der Waals surface area contributed by atoms with Gasteiger partial charge in [-0.2, -0.15) is 0 Å². The third kappa shape index (κ3) is 5.39. The Morgan fingerprint density at radius 1 is 1.20 bits per heavy atom. The molecule has 2 aromatic rings. The number of aromatic carboxylic acids is 1. The van der Waals surface area contributed by atoms with Gasteiger partial charge >= 0.3 is 5.97 Å². The molecular formula is C19H22BrNO4. The molecule has 5 nitrogen and oxygen atoms in total. The minimum absolute atomic E-state index is 0.254. The van der Waals surface area contributed by atoms with Gasteiger partial charge in [0.2, 0.25) is 0 Å². The highest BCUT2D eigenvalue weighted by Crippen LogP contribution is 2.37. The van der Waals surface area contributed by atoms with E-state index in [1.54, 1.807) is 18.2 Å². The largest absolute Gasteiger partial charge is 0.490 e. The molecule has 2 aromatic carbocycles. The Labute approximate surface area is 156 Å². The summed E-state index contributed by atoms with van der Waals surface area (Å²) in [6.07, 6.45) is 0.918. The van der Waals surface area contributed by atoms with Crippen molar-refractivity contribution < 1.29 is 19.4 Å². The fraction of sp³-hybridized carbons (Fsp3) is 0.316. The first kappa shape index (κ1) is 19.1. The Bertz CT molecular complexity index is 733. The Balaban J connectivity index is 2.16. The SMILES string of the molecule is CCCOc1c(Br)cc(CNc2cccc(C(=O)O)c2)cc1OCC. The maximum Gasteiger partial charge on any atom is 0.335 e. The van der Waals surface area contributed by atoms with Gasteiger partial charge in [0.05, 0.1) is 23.2 Å². The molecule has 0 atom stereocenters. The molecule has 0 aliphatic rings. The van der Waals surface area contributed by atoms with Crippen LogP contribution in [0.15, 0.2) is 40.9 Å². The van der Waals surface area contributed by atoms with Crippen molar-refractivity contribution in [2.24, 2.45) is 0 Å². The number of hydrogen-bond donors (Lipinski definition) is 2. The second kappa shape index (κ2) is 9.32. The Kier molecular flexibility index (Phi) is 7.13. The average molecular weight is 408 g/mol. The maximum atomic E-state index is 11.0. The fourth-order valence-corrected chi connectivity index (χ4v) is 2.90. The van der Waals surface area contributed by atoms with Crippen molar-refractivity contribution in [1.29, 1.82) is 0 Å². The molecule has 6 heteroatoms. The number of hydrogen-bond acceptors (Lipinski definition) is 4. The first-order chi connectivity index (χ1) is 12.0. The van der Waals surface area contributed by atoms with Crippen molar-refractivity contribution in [2.75, 3.05) is 18.5 Å². The minimum atomic E-state index is -0.942. The molecule has 0 aromatic heterocycles. The van der Waals surface area contributed by atoms with E-state index in [-0.39, 0.29) is 5.56 Å². The summed E-state index contributed by atoms with van der Waals surface area (Å²) in [6, 6.07) is 10.6. The third-order valence-corrected chi connectivity index (χ3v) is 4.01. The topological polar surface area (TPSA) is 67.8 Å². The van der Waals surface area contributed by atoms with E-state index in [1.165, 1.54) is 0 Å². The van der Waals surface area contributed by atoms with E-state index in [2.05, 4.69) is 28.2 Å². The maximum absolute atomic E-state index is 11.0. The van der Waals surface area contributed by atoms with Crippen LogP contribution >= 0.6 is 15.9 Å². The predicted molar refractivity (Wildman–Crippen MR) is 102 cm³/mol. The normalized spacial score (nSPS) is 10.4. The van der Waals surface area contributed by atoms with Crippen molar-refractivity contribution in [3.63, 3.8) is 0 Å². The van der Waals surface area contributed by atoms with E-state index in [0.29, 0.717) is 31.3 Å². The molecule has 2 N–H and O–H groups in total. The standard InChI is InChI=1S/C19H22BrNO4/c1-3-8-25-18-16(20)9-13(10-17(18)24-4-2)12-21-15-7-5-6-14(11-15)19(22)23/h5-7,9-11,21H,3-4,8,12H2,1-2H3,(H,22,23). The van der Waals surface area contributed by atoms with Gasteiger partial charge in [-0.15, -0.1) is 0 Å². The number of carbonyl (C=O) groups is 1. The zero-order chi connectivity index (χ0) is 18.2. The first-order valence-electron chi connectivity index (χ1n) is 8.20. The number of ether oxygens (including phenoxy) is 2. The molecule has 0 aliphatic heterocycles. The van der Waals surface area contributed by atoms with Crippen LogP contribution in [0, 0.1) is 0 Å². The van der Waals surface area contributed by atoms with Crippen molar-refractivity contribution in [2.45, 2.75) is 26.8 Å². The molecule has 0 heterocycles. The zero-order valence-corrected chi connectivity index (χ0v) is 15.9. The predicted octanol–water partition coefficient (Wildman–Crippen LogP) is 4.95. The Hall–Kier alpha value is -2.21. The van der Waals surface area contributed by atoms with Gasteiger partial charge < -0.3 is 19.9 Å². The minimum Gasteiger partial charge on any atom is -0.490 e. The monoisotopic (exact) mass is 407 g/mol. The van der Waals surface area contributed by atoms with Gasteiger partial charge in [-0.25, -0.2) is 4.79 Å². The first-order valence-corrected chi connectivity index (χ1v) is 8.99. The molecule has 0 aliphatic carbocycles. The van der Waals surface area contributed by atoms with Crippen LogP contribution < -0.4 is 14.8 Å². The summed E-state index contributed by atoms with van der Waals surface area (Å²) in [7, 11) is 0. The highest BCUT2D eigenvalue weighted by Gasteiger charge is 2.12. The molecule has 0 spiro atoms. The quantitative estimate of drug-likeness (QED) is 0.615. The van der Waals surface area contributed by atoms with Crippen LogP contribution in [0.1, 0.15) is 36.2 Å². The summed E-state index contributed by atoms with van der Waals surface area (Å²) in [6.45, 7) is 5.69. The molecule has 0 unspecified atom stereocenters. The van der Waals surface area contributed by atoms with E-state index in [1.807, 2.05) is 25.1 Å². The number of benzene rings is 2. The summed E-state index contributed by atoms with van der Waals surface area (Å²) in [5.41, 5.74) is 2.00. The number of rotatable bonds is 9. The lowest BCUT2D eigenvalue weighted by Crippen LogP contribution is -2.05. The van der Waals surface area contributed by atoms with Gasteiger partial charge in [0.1, 0.15) is 0 Å². The van der Waals surface area contributed by atoms with Gasteiger partial charge in [-0.1, -0.05) is 13.0 Å². The van der Waals surface area contributed by atoms with Gasteiger partial charge in [0.25, 0.3) is 0 Å². The lowest BCUT2D eigenvalue weighted by atomic mass is 10.1. The van der Waals surface area contributed by atoms with E-state index < -0.39 is 5.97 Å². The smallest absolute Gasteiger partial charge is 0.335 e. The van der Waals surface area contributed by atoms with Gasteiger partial charge in [0.15, 0.2) is 11.5 Å². The van der Waals surface area contributed by atoms with Crippen LogP contribution in [0.3, 0.4) is 0 Å². The van der Waals surface area contributed by atoms with E-state index in [0.717, 1.165) is 22.1 Å². The second-order valence-corrected chi connectivity index (χ2v) is 6.28. The van der Waals surface area contributed by atoms with Gasteiger partial charge in [-0.3, -0.25) is 0 Å². The average Bonchev–Trinajstić information content (AvgIpc) is 2.60. The van der Waals surface area contributed by atoms with E-state index in [4.69, 9.17) is 14.6 Å². The van der Waals surface area contributed by atoms with E-state index in [9.17, 15) is 4.79 Å². The van der Waals surface area contributed by atoms with Crippen molar-refractivity contribution >= 4 is 27.6 Å². The Morgan fingerprint density at radius 3 is 2.68 bits per heavy atom. The van der Waals surface area contributed by atoms with E-state index >= 15 is 0 Å². The second-order valence-electron chi connectivity index (χ2n) is 5.43. The summed E-state index contributed by atoms with van der Waals surface area (Å²) in [5.74, 6) is 0.462. The molecular weight excluding hydrogens is 386 g/mol. The van der Waals surface area contributed by atoms with Crippen LogP contribution in [0.4, 0.5) is 5.69 Å². The van der Waals surface area contributed by atoms with Crippen LogP contribution in [0.25, 0.3) is 0 Å². The van der Waals surface area contributed by atoms with Crippen LogP contribution in [0.2, 0.25) is 0 Å². The molecule has 0 saturated carbocycles. The van der Waals surface area contributed by atoms with Crippen molar-refractivity contribution in [1.82, 2.24) is 0 Å². The molecule has 0 bridgehead atoms. The molecule has 25 heavy (non-hydrogen) atoms. The van der Waals surface area contributed by atoms with Gasteiger partial charge in [0, 0.05) is 12.2 Å². The van der Waals surface area contributed by atoms with Crippen LogP contribution in [0.5, 0.6) is 11.5 Å². The van der Waals surface area contributed by atoms with Crippen LogP contribution in [-0.2, 0) is 6.54 Å².